The molecule has 0 radical (unpaired) electrons. The van der Waals surface area contributed by atoms with Gasteiger partial charge in [0.1, 0.15) is 11.8 Å². The van der Waals surface area contributed by atoms with Gasteiger partial charge in [-0.2, -0.15) is 5.10 Å². The van der Waals surface area contributed by atoms with E-state index in [-0.39, 0.29) is 17.0 Å². The van der Waals surface area contributed by atoms with Gasteiger partial charge in [-0.25, -0.2) is 17.9 Å². The summed E-state index contributed by atoms with van der Waals surface area (Å²) in [6.45, 7) is 3.45. The van der Waals surface area contributed by atoms with Crippen molar-refractivity contribution in [3.63, 3.8) is 0 Å². The summed E-state index contributed by atoms with van der Waals surface area (Å²) in [5.74, 6) is -3.11. The van der Waals surface area contributed by atoms with Crippen molar-refractivity contribution in [2.45, 2.75) is 62.8 Å². The van der Waals surface area contributed by atoms with Gasteiger partial charge in [0, 0.05) is 11.3 Å². The summed E-state index contributed by atoms with van der Waals surface area (Å²) in [7, 11) is -4.26. The fraction of sp³-hybridized carbons (Fsp3) is 0.273. The van der Waals surface area contributed by atoms with Gasteiger partial charge in [0.05, 0.1) is 17.5 Å². The molecular formula is C33H36N4O8S. The molecule has 0 bridgehead atoms. The highest BCUT2D eigenvalue weighted by Gasteiger charge is 2.29. The lowest BCUT2D eigenvalue weighted by molar-refractivity contribution is -0.148. The van der Waals surface area contributed by atoms with Gasteiger partial charge in [-0.3, -0.25) is 14.3 Å². The molecule has 5 N–H and O–H groups in total. The number of rotatable bonds is 14. The first-order chi connectivity index (χ1) is 21.9. The first-order valence-electron chi connectivity index (χ1n) is 14.6. The number of hydrogen-bond acceptors (Lipinski definition) is 8. The zero-order valence-corrected chi connectivity index (χ0v) is 26.1. The smallest absolute Gasteiger partial charge is 0.334 e. The molecule has 0 saturated carbocycles. The Balaban J connectivity index is 1.55. The van der Waals surface area contributed by atoms with E-state index in [2.05, 4.69) is 10.4 Å². The second-order valence-corrected chi connectivity index (χ2v) is 12.5. The highest BCUT2D eigenvalue weighted by molar-refractivity contribution is 7.90. The molecule has 242 valence electrons. The van der Waals surface area contributed by atoms with Crippen LogP contribution in [0.1, 0.15) is 47.6 Å². The van der Waals surface area contributed by atoms with Gasteiger partial charge < -0.3 is 20.6 Å². The fourth-order valence-corrected chi connectivity index (χ4v) is 6.14. The third-order valence-electron chi connectivity index (χ3n) is 7.24. The number of benzene rings is 3. The average Bonchev–Trinajstić information content (AvgIpc) is 3.43. The van der Waals surface area contributed by atoms with Crippen molar-refractivity contribution >= 4 is 27.8 Å². The van der Waals surface area contributed by atoms with E-state index in [1.807, 2.05) is 17.7 Å². The zero-order chi connectivity index (χ0) is 33.4. The molecule has 2 amide bonds. The molecule has 4 aromatic rings. The number of hydrogen-bond donors (Lipinski definition) is 5. The number of aliphatic hydroxyl groups is 2. The minimum Gasteiger partial charge on any atom is -0.479 e. The number of nitrogens with zero attached hydrogens (tertiary/aromatic N) is 2. The number of sulfonamides is 1. The lowest BCUT2D eigenvalue weighted by atomic mass is 10.0. The van der Waals surface area contributed by atoms with Crippen LogP contribution >= 0.6 is 0 Å². The van der Waals surface area contributed by atoms with E-state index in [9.17, 15) is 38.1 Å². The van der Waals surface area contributed by atoms with E-state index >= 15 is 0 Å². The molecule has 0 saturated heterocycles. The second-order valence-electron chi connectivity index (χ2n) is 10.8. The Kier molecular flexibility index (Phi) is 11.1. The Labute approximate surface area is 266 Å². The number of carboxylic acid groups (broad SMARTS) is 1. The van der Waals surface area contributed by atoms with Crippen LogP contribution in [0.3, 0.4) is 0 Å². The molecule has 4 rings (SSSR count). The van der Waals surface area contributed by atoms with Gasteiger partial charge in [0.25, 0.3) is 21.8 Å². The number of carbonyl (C=O) groups is 3. The van der Waals surface area contributed by atoms with E-state index in [1.165, 1.54) is 19.1 Å². The van der Waals surface area contributed by atoms with Crippen LogP contribution in [0.4, 0.5) is 0 Å². The number of carbonyl (C=O) groups excluding carboxylic acids is 2. The van der Waals surface area contributed by atoms with Crippen molar-refractivity contribution in [3.05, 3.63) is 107 Å². The standard InChI is InChI=1S/C33H36N4O8S/c1-3-9-25-19-28(32(41)34-27(30(39)33(42)43)18-22-10-5-4-6-11-22)35-37(25)20-23-14-16-24(17-15-23)26-12-7-8-13-29(26)46(44,45)36-31(40)21(2)38/h4-8,10-17,19,21,27,30,38-39H,3,9,18,20H2,1-2H3,(H,34,41)(H,36,40)(H,42,43)/t21-,27+,30+/m0/s1. The Bertz CT molecular complexity index is 1790. The largest absolute Gasteiger partial charge is 0.479 e. The maximum absolute atomic E-state index is 13.2. The summed E-state index contributed by atoms with van der Waals surface area (Å²) < 4.78 is 29.4. The van der Waals surface area contributed by atoms with E-state index in [1.54, 1.807) is 71.4 Å². The molecule has 0 unspecified atom stereocenters. The lowest BCUT2D eigenvalue weighted by Gasteiger charge is -2.21. The van der Waals surface area contributed by atoms with E-state index in [0.717, 1.165) is 23.2 Å². The van der Waals surface area contributed by atoms with Crippen molar-refractivity contribution in [3.8, 4) is 11.1 Å². The molecule has 0 aliphatic carbocycles. The van der Waals surface area contributed by atoms with Crippen LogP contribution in [0.5, 0.6) is 0 Å². The van der Waals surface area contributed by atoms with Crippen molar-refractivity contribution in [1.82, 2.24) is 19.8 Å². The molecule has 0 fully saturated rings. The highest BCUT2D eigenvalue weighted by atomic mass is 32.2. The monoisotopic (exact) mass is 648 g/mol. The van der Waals surface area contributed by atoms with Gasteiger partial charge in [-0.1, -0.05) is 86.1 Å². The summed E-state index contributed by atoms with van der Waals surface area (Å²) in [6, 6.07) is 22.7. The lowest BCUT2D eigenvalue weighted by Crippen LogP contribution is -2.48. The van der Waals surface area contributed by atoms with Crippen LogP contribution in [-0.4, -0.2) is 69.6 Å². The molecule has 1 aromatic heterocycles. The Hall–Kier alpha value is -4.85. The van der Waals surface area contributed by atoms with Crippen LogP contribution in [0.2, 0.25) is 0 Å². The summed E-state index contributed by atoms with van der Waals surface area (Å²) in [5, 5.41) is 36.3. The summed E-state index contributed by atoms with van der Waals surface area (Å²) in [4.78, 5) is 36.6. The molecule has 3 atom stereocenters. The number of carboxylic acids is 1. The normalized spacial score (nSPS) is 13.4. The molecule has 0 aliphatic heterocycles. The quantitative estimate of drug-likeness (QED) is 0.137. The topological polar surface area (TPSA) is 188 Å². The minimum atomic E-state index is -4.26. The fourth-order valence-electron chi connectivity index (χ4n) is 4.86. The van der Waals surface area contributed by atoms with Gasteiger partial charge in [-0.05, 0) is 48.6 Å². The number of aryl methyl sites for hydroxylation is 1. The third kappa shape index (κ3) is 8.44. The maximum Gasteiger partial charge on any atom is 0.334 e. The first-order valence-corrected chi connectivity index (χ1v) is 16.1. The number of aromatic nitrogens is 2. The third-order valence-corrected chi connectivity index (χ3v) is 8.64. The van der Waals surface area contributed by atoms with Crippen LogP contribution in [0.15, 0.2) is 89.8 Å². The van der Waals surface area contributed by atoms with Crippen LogP contribution in [0, 0.1) is 0 Å². The second kappa shape index (κ2) is 15.0. The van der Waals surface area contributed by atoms with Gasteiger partial charge in [0.2, 0.25) is 0 Å². The molecule has 13 heteroatoms. The van der Waals surface area contributed by atoms with Gasteiger partial charge in [0.15, 0.2) is 6.10 Å². The van der Waals surface area contributed by atoms with E-state index < -0.39 is 46.1 Å². The molecule has 46 heavy (non-hydrogen) atoms. The van der Waals surface area contributed by atoms with Crippen molar-refractivity contribution in [2.24, 2.45) is 0 Å². The van der Waals surface area contributed by atoms with E-state index in [0.29, 0.717) is 24.1 Å². The predicted octanol–water partition coefficient (Wildman–Crippen LogP) is 2.52. The van der Waals surface area contributed by atoms with Crippen molar-refractivity contribution in [2.75, 3.05) is 0 Å². The SMILES string of the molecule is CCCc1cc(C(=O)N[C@H](Cc2ccccc2)[C@@H](O)C(=O)O)nn1Cc1ccc(-c2ccccc2S(=O)(=O)NC(=O)[C@H](C)O)cc1. The molecule has 0 spiro atoms. The van der Waals surface area contributed by atoms with E-state index in [4.69, 9.17) is 0 Å². The van der Waals surface area contributed by atoms with Crippen LogP contribution in [0.25, 0.3) is 11.1 Å². The summed E-state index contributed by atoms with van der Waals surface area (Å²) in [6.07, 6.45) is -1.83. The van der Waals surface area contributed by atoms with Crippen LogP contribution < -0.4 is 10.0 Å². The number of amides is 2. The molecule has 12 nitrogen and oxygen atoms in total. The molecule has 1 heterocycles. The maximum atomic E-state index is 13.2. The summed E-state index contributed by atoms with van der Waals surface area (Å²) >= 11 is 0. The number of aliphatic carboxylic acids is 1. The summed E-state index contributed by atoms with van der Waals surface area (Å²) in [5.41, 5.74) is 3.35. The molecule has 0 aliphatic rings. The van der Waals surface area contributed by atoms with Gasteiger partial charge in [-0.15, -0.1) is 0 Å². The zero-order valence-electron chi connectivity index (χ0n) is 25.3. The number of nitrogens with one attached hydrogen (secondary N) is 2. The highest BCUT2D eigenvalue weighted by Crippen LogP contribution is 2.28. The van der Waals surface area contributed by atoms with Crippen LogP contribution in [-0.2, 0) is 39.0 Å². The Morgan fingerprint density at radius 2 is 1.57 bits per heavy atom. The van der Waals surface area contributed by atoms with Crippen molar-refractivity contribution in [1.29, 1.82) is 0 Å². The Morgan fingerprint density at radius 1 is 0.913 bits per heavy atom. The minimum absolute atomic E-state index is 0.0779. The molecule has 3 aromatic carbocycles. The molecular weight excluding hydrogens is 612 g/mol. The predicted molar refractivity (Wildman–Crippen MR) is 169 cm³/mol. The van der Waals surface area contributed by atoms with Gasteiger partial charge >= 0.3 is 5.97 Å². The van der Waals surface area contributed by atoms with Crippen molar-refractivity contribution < 1.29 is 38.1 Å². The average molecular weight is 649 g/mol. The first kappa shape index (κ1) is 34.0. The Morgan fingerprint density at radius 3 is 2.20 bits per heavy atom. The number of aliphatic hydroxyl groups excluding tert-OH is 2.